The van der Waals surface area contributed by atoms with Crippen LogP contribution in [0.2, 0.25) is 0 Å². The first-order valence-corrected chi connectivity index (χ1v) is 5.95. The van der Waals surface area contributed by atoms with E-state index in [-0.39, 0.29) is 0 Å². The highest BCUT2D eigenvalue weighted by Gasteiger charge is 2.09. The number of hydrogen-bond acceptors (Lipinski definition) is 3. The fourth-order valence-electron chi connectivity index (χ4n) is 1.39. The van der Waals surface area contributed by atoms with E-state index in [1.54, 1.807) is 6.20 Å². The van der Waals surface area contributed by atoms with E-state index in [0.717, 1.165) is 11.0 Å². The Bertz CT molecular complexity index is 302. The summed E-state index contributed by atoms with van der Waals surface area (Å²) in [5, 5.41) is 3.43. The first kappa shape index (κ1) is 12.6. The van der Waals surface area contributed by atoms with E-state index in [9.17, 15) is 0 Å². The molecule has 0 radical (unpaired) electrons. The van der Waals surface area contributed by atoms with E-state index < -0.39 is 0 Å². The molecule has 0 aliphatic rings. The number of nitrogens with one attached hydrogen (secondary N) is 1. The standard InChI is InChI=1S/C11H18BrN3/c1-8(2)11(4-13)15-6-9-3-10(12)7-14-5-9/h3,5,7-8,11,15H,4,6,13H2,1-2H3. The van der Waals surface area contributed by atoms with Gasteiger partial charge in [0, 0.05) is 36.0 Å². The number of pyridine rings is 1. The average Bonchev–Trinajstić information content (AvgIpc) is 2.18. The summed E-state index contributed by atoms with van der Waals surface area (Å²) >= 11 is 3.40. The average molecular weight is 272 g/mol. The zero-order valence-corrected chi connectivity index (χ0v) is 10.8. The molecule has 0 aliphatic heterocycles. The van der Waals surface area contributed by atoms with Crippen molar-refractivity contribution in [1.82, 2.24) is 10.3 Å². The van der Waals surface area contributed by atoms with Crippen LogP contribution in [0.5, 0.6) is 0 Å². The summed E-state index contributed by atoms with van der Waals surface area (Å²) in [7, 11) is 0. The van der Waals surface area contributed by atoms with Gasteiger partial charge in [-0.1, -0.05) is 13.8 Å². The maximum Gasteiger partial charge on any atom is 0.0410 e. The highest BCUT2D eigenvalue weighted by molar-refractivity contribution is 9.10. The van der Waals surface area contributed by atoms with Crippen LogP contribution in [-0.4, -0.2) is 17.6 Å². The van der Waals surface area contributed by atoms with Gasteiger partial charge in [-0.3, -0.25) is 4.98 Å². The molecule has 0 saturated heterocycles. The number of hydrogen-bond donors (Lipinski definition) is 2. The Balaban J connectivity index is 2.49. The molecule has 0 spiro atoms. The molecule has 1 heterocycles. The molecule has 1 unspecified atom stereocenters. The predicted molar refractivity (Wildman–Crippen MR) is 66.5 cm³/mol. The molecule has 3 nitrogen and oxygen atoms in total. The maximum atomic E-state index is 5.68. The van der Waals surface area contributed by atoms with Crippen molar-refractivity contribution in [1.29, 1.82) is 0 Å². The minimum absolute atomic E-state index is 0.365. The van der Waals surface area contributed by atoms with Crippen LogP contribution < -0.4 is 11.1 Å². The van der Waals surface area contributed by atoms with Gasteiger partial charge >= 0.3 is 0 Å². The van der Waals surface area contributed by atoms with Crippen molar-refractivity contribution in [3.05, 3.63) is 28.5 Å². The van der Waals surface area contributed by atoms with Crippen molar-refractivity contribution in [3.63, 3.8) is 0 Å². The molecule has 0 saturated carbocycles. The van der Waals surface area contributed by atoms with Gasteiger partial charge in [-0.2, -0.15) is 0 Å². The van der Waals surface area contributed by atoms with Crippen molar-refractivity contribution in [3.8, 4) is 0 Å². The van der Waals surface area contributed by atoms with E-state index >= 15 is 0 Å². The van der Waals surface area contributed by atoms with Crippen LogP contribution in [0.25, 0.3) is 0 Å². The summed E-state index contributed by atoms with van der Waals surface area (Å²) in [5.74, 6) is 0.551. The second-order valence-electron chi connectivity index (χ2n) is 3.98. The molecule has 0 aromatic carbocycles. The minimum Gasteiger partial charge on any atom is -0.329 e. The van der Waals surface area contributed by atoms with Gasteiger partial charge in [-0.15, -0.1) is 0 Å². The van der Waals surface area contributed by atoms with E-state index in [2.05, 4.69) is 46.1 Å². The minimum atomic E-state index is 0.365. The molecular formula is C11H18BrN3. The van der Waals surface area contributed by atoms with E-state index in [1.165, 1.54) is 5.56 Å². The van der Waals surface area contributed by atoms with Crippen molar-refractivity contribution < 1.29 is 0 Å². The third kappa shape index (κ3) is 4.28. The van der Waals surface area contributed by atoms with Crippen LogP contribution in [-0.2, 0) is 6.54 Å². The van der Waals surface area contributed by atoms with Crippen LogP contribution >= 0.6 is 15.9 Å². The summed E-state index contributed by atoms with van der Waals surface area (Å²) in [5.41, 5.74) is 6.85. The Labute approximate surface area is 99.6 Å². The molecule has 0 fully saturated rings. The Morgan fingerprint density at radius 2 is 2.20 bits per heavy atom. The van der Waals surface area contributed by atoms with E-state index in [0.29, 0.717) is 18.5 Å². The van der Waals surface area contributed by atoms with Gasteiger partial charge in [0.05, 0.1) is 0 Å². The molecular weight excluding hydrogens is 254 g/mol. The van der Waals surface area contributed by atoms with Gasteiger partial charge in [0.25, 0.3) is 0 Å². The predicted octanol–water partition coefficient (Wildman–Crippen LogP) is 1.92. The van der Waals surface area contributed by atoms with Gasteiger partial charge in [0.15, 0.2) is 0 Å². The van der Waals surface area contributed by atoms with Gasteiger partial charge in [0.2, 0.25) is 0 Å². The number of nitrogens with zero attached hydrogens (tertiary/aromatic N) is 1. The zero-order valence-electron chi connectivity index (χ0n) is 9.20. The molecule has 0 bridgehead atoms. The lowest BCUT2D eigenvalue weighted by Crippen LogP contribution is -2.39. The summed E-state index contributed by atoms with van der Waals surface area (Å²) in [4.78, 5) is 4.11. The molecule has 0 aliphatic carbocycles. The molecule has 0 amide bonds. The molecule has 1 aromatic heterocycles. The van der Waals surface area contributed by atoms with Crippen LogP contribution in [0.1, 0.15) is 19.4 Å². The summed E-state index contributed by atoms with van der Waals surface area (Å²) in [6, 6.07) is 2.43. The van der Waals surface area contributed by atoms with Crippen molar-refractivity contribution in [2.45, 2.75) is 26.4 Å². The molecule has 3 N–H and O–H groups in total. The second-order valence-corrected chi connectivity index (χ2v) is 4.89. The SMILES string of the molecule is CC(C)C(CN)NCc1cncc(Br)c1. The molecule has 15 heavy (non-hydrogen) atoms. The number of rotatable bonds is 5. The summed E-state index contributed by atoms with van der Waals surface area (Å²) < 4.78 is 1.01. The van der Waals surface area contributed by atoms with Gasteiger partial charge in [-0.05, 0) is 33.5 Å². The summed E-state index contributed by atoms with van der Waals surface area (Å²) in [6.45, 7) is 5.82. The van der Waals surface area contributed by atoms with Crippen LogP contribution in [0.15, 0.2) is 22.9 Å². The fourth-order valence-corrected chi connectivity index (χ4v) is 1.80. The first-order chi connectivity index (χ1) is 7.13. The Kier molecular flexibility index (Phi) is 5.22. The largest absolute Gasteiger partial charge is 0.329 e. The number of aromatic nitrogens is 1. The highest BCUT2D eigenvalue weighted by Crippen LogP contribution is 2.10. The highest BCUT2D eigenvalue weighted by atomic mass is 79.9. The van der Waals surface area contributed by atoms with Crippen molar-refractivity contribution >= 4 is 15.9 Å². The van der Waals surface area contributed by atoms with Gasteiger partial charge in [-0.25, -0.2) is 0 Å². The molecule has 1 rings (SSSR count). The first-order valence-electron chi connectivity index (χ1n) is 5.16. The second kappa shape index (κ2) is 6.20. The van der Waals surface area contributed by atoms with Crippen molar-refractivity contribution in [2.24, 2.45) is 11.7 Å². The molecule has 1 aromatic rings. The third-order valence-corrected chi connectivity index (χ3v) is 2.82. The molecule has 1 atom stereocenters. The Hall–Kier alpha value is -0.450. The lowest BCUT2D eigenvalue weighted by atomic mass is 10.0. The third-order valence-electron chi connectivity index (χ3n) is 2.39. The lowest BCUT2D eigenvalue weighted by molar-refractivity contribution is 0.405. The van der Waals surface area contributed by atoms with Crippen LogP contribution in [0, 0.1) is 5.92 Å². The number of nitrogens with two attached hydrogens (primary N) is 1. The normalized spacial score (nSPS) is 13.1. The van der Waals surface area contributed by atoms with Crippen molar-refractivity contribution in [2.75, 3.05) is 6.54 Å². The summed E-state index contributed by atoms with van der Waals surface area (Å²) in [6.07, 6.45) is 3.65. The topological polar surface area (TPSA) is 50.9 Å². The molecule has 4 heteroatoms. The van der Waals surface area contributed by atoms with Gasteiger partial charge in [0.1, 0.15) is 0 Å². The maximum absolute atomic E-state index is 5.68. The van der Waals surface area contributed by atoms with E-state index in [1.807, 2.05) is 6.20 Å². The Morgan fingerprint density at radius 3 is 2.73 bits per heavy atom. The Morgan fingerprint density at radius 1 is 1.47 bits per heavy atom. The monoisotopic (exact) mass is 271 g/mol. The van der Waals surface area contributed by atoms with Gasteiger partial charge < -0.3 is 11.1 Å². The zero-order chi connectivity index (χ0) is 11.3. The smallest absolute Gasteiger partial charge is 0.0410 e. The van der Waals surface area contributed by atoms with Crippen LogP contribution in [0.3, 0.4) is 0 Å². The van der Waals surface area contributed by atoms with E-state index in [4.69, 9.17) is 5.73 Å². The number of halogens is 1. The molecule has 84 valence electrons. The van der Waals surface area contributed by atoms with Crippen LogP contribution in [0.4, 0.5) is 0 Å². The quantitative estimate of drug-likeness (QED) is 0.861. The fraction of sp³-hybridized carbons (Fsp3) is 0.545. The lowest BCUT2D eigenvalue weighted by Gasteiger charge is -2.20.